The average molecular weight is 413 g/mol. The Morgan fingerprint density at radius 2 is 1.47 bits per heavy atom. The van der Waals surface area contributed by atoms with Crippen molar-refractivity contribution in [1.82, 2.24) is 0 Å². The molecule has 3 nitrogen and oxygen atoms in total. The Morgan fingerprint density at radius 3 is 1.97 bits per heavy atom. The molecular formula is C27H40O3. The Morgan fingerprint density at radius 1 is 0.867 bits per heavy atom. The number of hydrogen-bond acceptors (Lipinski definition) is 3. The SMILES string of the molecule is CCCOc1ccc(C(CC)(CC)c2ccc(OCC(O)C(C)(C)C)c(C)c2)cc1. The second kappa shape index (κ2) is 10.3. The Balaban J connectivity index is 2.28. The fourth-order valence-electron chi connectivity index (χ4n) is 3.85. The molecule has 30 heavy (non-hydrogen) atoms. The molecular weight excluding hydrogens is 372 g/mol. The van der Waals surface area contributed by atoms with Gasteiger partial charge in [-0.1, -0.05) is 65.8 Å². The summed E-state index contributed by atoms with van der Waals surface area (Å²) in [6, 6.07) is 15.1. The zero-order valence-corrected chi connectivity index (χ0v) is 19.9. The first kappa shape index (κ1) is 24.3. The fraction of sp³-hybridized carbons (Fsp3) is 0.556. The van der Waals surface area contributed by atoms with Gasteiger partial charge < -0.3 is 14.6 Å². The molecule has 0 aliphatic rings. The van der Waals surface area contributed by atoms with Crippen LogP contribution in [0.2, 0.25) is 0 Å². The van der Waals surface area contributed by atoms with Crippen molar-refractivity contribution < 1.29 is 14.6 Å². The molecule has 2 aromatic carbocycles. The first-order valence-corrected chi connectivity index (χ1v) is 11.3. The monoisotopic (exact) mass is 412 g/mol. The maximum absolute atomic E-state index is 10.3. The normalized spacial score (nSPS) is 13.2. The van der Waals surface area contributed by atoms with E-state index >= 15 is 0 Å². The van der Waals surface area contributed by atoms with Crippen LogP contribution in [0.15, 0.2) is 42.5 Å². The van der Waals surface area contributed by atoms with Gasteiger partial charge in [0.15, 0.2) is 0 Å². The largest absolute Gasteiger partial charge is 0.494 e. The molecule has 0 amide bonds. The summed E-state index contributed by atoms with van der Waals surface area (Å²) in [5, 5.41) is 10.3. The van der Waals surface area contributed by atoms with Crippen molar-refractivity contribution in [3.8, 4) is 11.5 Å². The van der Waals surface area contributed by atoms with Gasteiger partial charge in [0, 0.05) is 5.41 Å². The maximum atomic E-state index is 10.3. The van der Waals surface area contributed by atoms with Crippen LogP contribution < -0.4 is 9.47 Å². The number of aliphatic hydroxyl groups is 1. The lowest BCUT2D eigenvalue weighted by molar-refractivity contribution is 0.0216. The van der Waals surface area contributed by atoms with Gasteiger partial charge in [0.2, 0.25) is 0 Å². The van der Waals surface area contributed by atoms with E-state index in [0.29, 0.717) is 6.61 Å². The van der Waals surface area contributed by atoms with Crippen molar-refractivity contribution in [3.63, 3.8) is 0 Å². The van der Waals surface area contributed by atoms with Crippen LogP contribution in [0.25, 0.3) is 0 Å². The molecule has 3 heteroatoms. The van der Waals surface area contributed by atoms with Gasteiger partial charge in [-0.2, -0.15) is 0 Å². The van der Waals surface area contributed by atoms with Gasteiger partial charge in [0.25, 0.3) is 0 Å². The third kappa shape index (κ3) is 5.57. The number of rotatable bonds is 10. The molecule has 1 unspecified atom stereocenters. The number of aliphatic hydroxyl groups excluding tert-OH is 1. The zero-order chi connectivity index (χ0) is 22.4. The first-order chi connectivity index (χ1) is 14.2. The molecule has 0 aliphatic carbocycles. The maximum Gasteiger partial charge on any atom is 0.122 e. The first-order valence-electron chi connectivity index (χ1n) is 11.3. The third-order valence-electron chi connectivity index (χ3n) is 6.21. The standard InChI is InChI=1S/C27H40O3/c1-8-17-29-23-14-11-21(12-15-23)27(9-2,10-3)22-13-16-24(20(4)18-22)30-19-25(28)26(5,6)7/h11-16,18,25,28H,8-10,17,19H2,1-7H3. The van der Waals surface area contributed by atoms with Crippen LogP contribution in [0.1, 0.15) is 77.5 Å². The van der Waals surface area contributed by atoms with E-state index in [1.165, 1.54) is 11.1 Å². The smallest absolute Gasteiger partial charge is 0.122 e. The number of aryl methyl sites for hydroxylation is 1. The molecule has 166 valence electrons. The van der Waals surface area contributed by atoms with Gasteiger partial charge in [-0.3, -0.25) is 0 Å². The molecule has 0 aromatic heterocycles. The number of benzene rings is 2. The molecule has 0 aliphatic heterocycles. The predicted octanol–water partition coefficient (Wildman–Crippen LogP) is 6.68. The van der Waals surface area contributed by atoms with Crippen LogP contribution in [0.3, 0.4) is 0 Å². The Bertz CT molecular complexity index is 783. The Labute approximate surface area is 183 Å². The molecule has 1 N–H and O–H groups in total. The predicted molar refractivity (Wildman–Crippen MR) is 126 cm³/mol. The molecule has 2 rings (SSSR count). The Hall–Kier alpha value is -2.00. The second-order valence-corrected chi connectivity index (χ2v) is 9.34. The van der Waals surface area contributed by atoms with Gasteiger partial charge in [0.05, 0.1) is 12.7 Å². The minimum absolute atomic E-state index is 0.0441. The van der Waals surface area contributed by atoms with E-state index < -0.39 is 6.10 Å². The highest BCUT2D eigenvalue weighted by Gasteiger charge is 2.31. The van der Waals surface area contributed by atoms with Crippen molar-refractivity contribution in [2.24, 2.45) is 5.41 Å². The van der Waals surface area contributed by atoms with E-state index in [2.05, 4.69) is 70.2 Å². The highest BCUT2D eigenvalue weighted by atomic mass is 16.5. The molecule has 0 bridgehead atoms. The van der Waals surface area contributed by atoms with Gasteiger partial charge in [-0.15, -0.1) is 0 Å². The lowest BCUT2D eigenvalue weighted by Gasteiger charge is -2.34. The lowest BCUT2D eigenvalue weighted by atomic mass is 9.70. The van der Waals surface area contributed by atoms with E-state index in [9.17, 15) is 5.11 Å². The van der Waals surface area contributed by atoms with Crippen molar-refractivity contribution in [2.75, 3.05) is 13.2 Å². The molecule has 0 saturated heterocycles. The molecule has 0 spiro atoms. The van der Waals surface area contributed by atoms with Gasteiger partial charge in [-0.25, -0.2) is 0 Å². The van der Waals surface area contributed by atoms with E-state index in [1.807, 2.05) is 20.8 Å². The van der Waals surface area contributed by atoms with Crippen molar-refractivity contribution >= 4 is 0 Å². The van der Waals surface area contributed by atoms with Crippen molar-refractivity contribution in [1.29, 1.82) is 0 Å². The molecule has 2 aromatic rings. The van der Waals surface area contributed by atoms with Crippen molar-refractivity contribution in [3.05, 3.63) is 59.2 Å². The van der Waals surface area contributed by atoms with Gasteiger partial charge >= 0.3 is 0 Å². The highest BCUT2D eigenvalue weighted by Crippen LogP contribution is 2.40. The van der Waals surface area contributed by atoms with Crippen LogP contribution >= 0.6 is 0 Å². The van der Waals surface area contributed by atoms with Crippen LogP contribution in [-0.2, 0) is 5.41 Å². The summed E-state index contributed by atoms with van der Waals surface area (Å²) < 4.78 is 11.7. The molecule has 1 atom stereocenters. The van der Waals surface area contributed by atoms with Crippen molar-refractivity contribution in [2.45, 2.75) is 79.2 Å². The molecule has 0 radical (unpaired) electrons. The summed E-state index contributed by atoms with van der Waals surface area (Å²) in [6.45, 7) is 15.8. The average Bonchev–Trinajstić information content (AvgIpc) is 2.72. The summed E-state index contributed by atoms with van der Waals surface area (Å²) in [5.74, 6) is 1.77. The van der Waals surface area contributed by atoms with E-state index in [1.54, 1.807) is 0 Å². The minimum Gasteiger partial charge on any atom is -0.494 e. The van der Waals surface area contributed by atoms with E-state index in [-0.39, 0.29) is 10.8 Å². The third-order valence-corrected chi connectivity index (χ3v) is 6.21. The molecule has 0 fully saturated rings. The minimum atomic E-state index is -0.504. The van der Waals surface area contributed by atoms with Gasteiger partial charge in [0.1, 0.15) is 18.1 Å². The lowest BCUT2D eigenvalue weighted by Crippen LogP contribution is -2.32. The summed E-state index contributed by atoms with van der Waals surface area (Å²) in [5.41, 5.74) is 3.48. The zero-order valence-electron chi connectivity index (χ0n) is 19.9. The number of ether oxygens (including phenoxy) is 2. The topological polar surface area (TPSA) is 38.7 Å². The summed E-state index contributed by atoms with van der Waals surface area (Å²) in [7, 11) is 0. The quantitative estimate of drug-likeness (QED) is 0.473. The highest BCUT2D eigenvalue weighted by molar-refractivity contribution is 5.46. The molecule has 0 saturated carbocycles. The second-order valence-electron chi connectivity index (χ2n) is 9.34. The summed E-state index contributed by atoms with van der Waals surface area (Å²) in [4.78, 5) is 0. The van der Waals surface area contributed by atoms with E-state index in [4.69, 9.17) is 9.47 Å². The van der Waals surface area contributed by atoms with Crippen LogP contribution in [0, 0.1) is 12.3 Å². The Kier molecular flexibility index (Phi) is 8.37. The van der Waals surface area contributed by atoms with Gasteiger partial charge in [-0.05, 0) is 66.5 Å². The summed E-state index contributed by atoms with van der Waals surface area (Å²) in [6.07, 6.45) is 2.54. The molecule has 0 heterocycles. The summed E-state index contributed by atoms with van der Waals surface area (Å²) >= 11 is 0. The number of hydrogen-bond donors (Lipinski definition) is 1. The van der Waals surface area contributed by atoms with Crippen LogP contribution in [-0.4, -0.2) is 24.4 Å². The van der Waals surface area contributed by atoms with Crippen LogP contribution in [0.5, 0.6) is 11.5 Å². The fourth-order valence-corrected chi connectivity index (χ4v) is 3.85. The van der Waals surface area contributed by atoms with Crippen LogP contribution in [0.4, 0.5) is 0 Å². The van der Waals surface area contributed by atoms with E-state index in [0.717, 1.165) is 42.9 Å².